The monoisotopic (exact) mass is 374 g/mol. The molecule has 0 fully saturated rings. The molecule has 0 atom stereocenters. The number of hydrogen-bond acceptors (Lipinski definition) is 4. The third-order valence-electron chi connectivity index (χ3n) is 4.33. The van der Waals surface area contributed by atoms with Crippen LogP contribution >= 0.6 is 0 Å². The number of amides is 2. The number of nitrogens with one attached hydrogen (secondary N) is 1. The summed E-state index contributed by atoms with van der Waals surface area (Å²) >= 11 is 0. The number of nitrogens with zero attached hydrogens (tertiary/aromatic N) is 3. The molecule has 2 amide bonds. The van der Waals surface area contributed by atoms with E-state index in [2.05, 4.69) is 15.3 Å². The Morgan fingerprint density at radius 1 is 0.893 bits per heavy atom. The van der Waals surface area contributed by atoms with E-state index in [-0.39, 0.29) is 23.2 Å². The van der Waals surface area contributed by atoms with E-state index in [4.69, 9.17) is 0 Å². The lowest BCUT2D eigenvalue weighted by atomic mass is 10.2. The van der Waals surface area contributed by atoms with Crippen LogP contribution in [0, 0.1) is 0 Å². The first-order valence-corrected chi connectivity index (χ1v) is 9.07. The van der Waals surface area contributed by atoms with Crippen LogP contribution < -0.4 is 5.32 Å². The lowest BCUT2D eigenvalue weighted by Gasteiger charge is -2.17. The molecule has 142 valence electrons. The van der Waals surface area contributed by atoms with Gasteiger partial charge < -0.3 is 10.2 Å². The molecule has 0 radical (unpaired) electrons. The Morgan fingerprint density at radius 2 is 1.61 bits per heavy atom. The van der Waals surface area contributed by atoms with Gasteiger partial charge in [-0.15, -0.1) is 0 Å². The molecule has 0 spiro atoms. The fraction of sp³-hybridized carbons (Fsp3) is 0.182. The molecule has 0 saturated carbocycles. The van der Waals surface area contributed by atoms with E-state index in [9.17, 15) is 9.59 Å². The van der Waals surface area contributed by atoms with Gasteiger partial charge in [0.05, 0.1) is 0 Å². The van der Waals surface area contributed by atoms with Crippen molar-refractivity contribution in [1.29, 1.82) is 0 Å². The quantitative estimate of drug-likeness (QED) is 0.690. The first-order chi connectivity index (χ1) is 13.6. The fourth-order valence-electron chi connectivity index (χ4n) is 2.69. The van der Waals surface area contributed by atoms with Gasteiger partial charge in [-0.2, -0.15) is 0 Å². The number of pyridine rings is 2. The van der Waals surface area contributed by atoms with Crippen LogP contribution in [0.5, 0.6) is 0 Å². The number of hydrogen-bond donors (Lipinski definition) is 1. The maximum absolute atomic E-state index is 12.6. The van der Waals surface area contributed by atoms with Gasteiger partial charge in [0.2, 0.25) is 0 Å². The van der Waals surface area contributed by atoms with Crippen molar-refractivity contribution in [1.82, 2.24) is 20.2 Å². The van der Waals surface area contributed by atoms with E-state index in [1.807, 2.05) is 42.5 Å². The van der Waals surface area contributed by atoms with Crippen LogP contribution in [0.3, 0.4) is 0 Å². The average Bonchev–Trinajstić information content (AvgIpc) is 2.76. The second-order valence-electron chi connectivity index (χ2n) is 6.41. The smallest absolute Gasteiger partial charge is 0.272 e. The summed E-state index contributed by atoms with van der Waals surface area (Å²) in [6.45, 7) is 0.959. The predicted molar refractivity (Wildman–Crippen MR) is 107 cm³/mol. The van der Waals surface area contributed by atoms with Crippen LogP contribution in [0.4, 0.5) is 0 Å². The van der Waals surface area contributed by atoms with Crippen LogP contribution in [0.15, 0.2) is 73.1 Å². The molecule has 0 bridgehead atoms. The molecule has 3 aromatic rings. The summed E-state index contributed by atoms with van der Waals surface area (Å²) in [5.41, 5.74) is 2.59. The third-order valence-corrected chi connectivity index (χ3v) is 4.33. The maximum Gasteiger partial charge on any atom is 0.272 e. The molecule has 6 heteroatoms. The summed E-state index contributed by atoms with van der Waals surface area (Å²) in [6.07, 6.45) is 4.19. The van der Waals surface area contributed by atoms with Crippen molar-refractivity contribution in [2.45, 2.75) is 13.0 Å². The van der Waals surface area contributed by atoms with Gasteiger partial charge in [0.15, 0.2) is 0 Å². The van der Waals surface area contributed by atoms with Gasteiger partial charge in [0, 0.05) is 32.5 Å². The largest absolute Gasteiger partial charge is 0.347 e. The van der Waals surface area contributed by atoms with Gasteiger partial charge in [-0.1, -0.05) is 36.4 Å². The molecule has 1 N–H and O–H groups in total. The van der Waals surface area contributed by atoms with Crippen LogP contribution in [-0.2, 0) is 13.0 Å². The van der Waals surface area contributed by atoms with Crippen molar-refractivity contribution < 1.29 is 9.59 Å². The van der Waals surface area contributed by atoms with Gasteiger partial charge in [0.25, 0.3) is 11.8 Å². The maximum atomic E-state index is 12.6. The van der Waals surface area contributed by atoms with E-state index in [1.54, 1.807) is 42.5 Å². The topological polar surface area (TPSA) is 75.2 Å². The Morgan fingerprint density at radius 3 is 2.36 bits per heavy atom. The Balaban J connectivity index is 1.59. The minimum atomic E-state index is -0.307. The van der Waals surface area contributed by atoms with E-state index >= 15 is 0 Å². The molecular formula is C22H22N4O2. The molecule has 28 heavy (non-hydrogen) atoms. The number of carbonyl (C=O) groups is 2. The second-order valence-corrected chi connectivity index (χ2v) is 6.41. The number of carbonyl (C=O) groups excluding carboxylic acids is 2. The number of aromatic nitrogens is 2. The Kier molecular flexibility index (Phi) is 6.46. The first-order valence-electron chi connectivity index (χ1n) is 9.07. The van der Waals surface area contributed by atoms with E-state index < -0.39 is 0 Å². The zero-order valence-corrected chi connectivity index (χ0v) is 15.7. The summed E-state index contributed by atoms with van der Waals surface area (Å²) in [5, 5.41) is 2.83. The van der Waals surface area contributed by atoms with Crippen LogP contribution in [0.1, 0.15) is 32.1 Å². The fourth-order valence-corrected chi connectivity index (χ4v) is 2.69. The van der Waals surface area contributed by atoms with E-state index in [0.717, 1.165) is 17.5 Å². The number of likely N-dealkylation sites (N-methyl/N-ethyl adjacent to an activating group) is 1. The van der Waals surface area contributed by atoms with Gasteiger partial charge in [-0.3, -0.25) is 14.6 Å². The SMILES string of the molecule is CN(CCc1ccncc1)C(=O)c1cccc(C(=O)NCc2ccccc2)n1. The molecule has 1 aromatic carbocycles. The minimum Gasteiger partial charge on any atom is -0.347 e. The summed E-state index contributed by atoms with van der Waals surface area (Å²) in [4.78, 5) is 34.8. The van der Waals surface area contributed by atoms with E-state index in [1.165, 1.54) is 0 Å². The number of rotatable bonds is 7. The molecule has 0 saturated heterocycles. The third kappa shape index (κ3) is 5.23. The summed E-state index contributed by atoms with van der Waals surface area (Å²) < 4.78 is 0. The number of benzene rings is 1. The van der Waals surface area contributed by atoms with Gasteiger partial charge >= 0.3 is 0 Å². The van der Waals surface area contributed by atoms with Gasteiger partial charge in [0.1, 0.15) is 11.4 Å². The van der Waals surface area contributed by atoms with Crippen LogP contribution in [-0.4, -0.2) is 40.3 Å². The van der Waals surface area contributed by atoms with Gasteiger partial charge in [-0.05, 0) is 41.8 Å². The van der Waals surface area contributed by atoms with Crippen molar-refractivity contribution in [3.8, 4) is 0 Å². The lowest BCUT2D eigenvalue weighted by Crippen LogP contribution is -2.30. The molecule has 6 nitrogen and oxygen atoms in total. The van der Waals surface area contributed by atoms with Crippen molar-refractivity contribution in [3.05, 3.63) is 95.6 Å². The van der Waals surface area contributed by atoms with Crippen molar-refractivity contribution >= 4 is 11.8 Å². The molecule has 0 unspecified atom stereocenters. The molecule has 0 aliphatic rings. The molecule has 3 rings (SSSR count). The molecule has 2 heterocycles. The normalized spacial score (nSPS) is 10.3. The van der Waals surface area contributed by atoms with Crippen molar-refractivity contribution in [2.24, 2.45) is 0 Å². The molecular weight excluding hydrogens is 352 g/mol. The molecule has 0 aliphatic heterocycles. The standard InChI is InChI=1S/C22H22N4O2/c1-26(15-12-17-10-13-23-14-11-17)22(28)20-9-5-8-19(25-20)21(27)24-16-18-6-3-2-4-7-18/h2-11,13-14H,12,15-16H2,1H3,(H,24,27). The molecule has 0 aliphatic carbocycles. The van der Waals surface area contributed by atoms with E-state index in [0.29, 0.717) is 13.1 Å². The Bertz CT molecular complexity index is 930. The lowest BCUT2D eigenvalue weighted by molar-refractivity contribution is 0.0790. The van der Waals surface area contributed by atoms with Crippen LogP contribution in [0.25, 0.3) is 0 Å². The molecule has 2 aromatic heterocycles. The summed E-state index contributed by atoms with van der Waals surface area (Å²) in [5.74, 6) is -0.523. The Labute approximate surface area is 164 Å². The zero-order chi connectivity index (χ0) is 19.8. The summed E-state index contributed by atoms with van der Waals surface area (Å²) in [7, 11) is 1.73. The highest BCUT2D eigenvalue weighted by molar-refractivity contribution is 5.96. The van der Waals surface area contributed by atoms with Gasteiger partial charge in [-0.25, -0.2) is 4.98 Å². The predicted octanol–water partition coefficient (Wildman–Crippen LogP) is 2.72. The highest BCUT2D eigenvalue weighted by Crippen LogP contribution is 2.06. The zero-order valence-electron chi connectivity index (χ0n) is 15.7. The minimum absolute atomic E-state index is 0.216. The highest BCUT2D eigenvalue weighted by atomic mass is 16.2. The average molecular weight is 374 g/mol. The van der Waals surface area contributed by atoms with Crippen LogP contribution in [0.2, 0.25) is 0 Å². The van der Waals surface area contributed by atoms with Crippen molar-refractivity contribution in [2.75, 3.05) is 13.6 Å². The van der Waals surface area contributed by atoms with Crippen molar-refractivity contribution in [3.63, 3.8) is 0 Å². The first kappa shape index (κ1) is 19.2. The second kappa shape index (κ2) is 9.41. The summed E-state index contributed by atoms with van der Waals surface area (Å²) in [6, 6.07) is 18.4. The highest BCUT2D eigenvalue weighted by Gasteiger charge is 2.15. The Hall–Kier alpha value is -3.54.